The summed E-state index contributed by atoms with van der Waals surface area (Å²) in [5, 5.41) is 0.672. The summed E-state index contributed by atoms with van der Waals surface area (Å²) in [5.41, 5.74) is 2.39. The zero-order valence-corrected chi connectivity index (χ0v) is 19.2. The monoisotopic (exact) mass is 448 g/mol. The summed E-state index contributed by atoms with van der Waals surface area (Å²) >= 11 is 0. The largest absolute Gasteiger partial charge is 0.493 e. The molecule has 0 N–H and O–H groups in total. The van der Waals surface area contributed by atoms with Crippen molar-refractivity contribution in [3.8, 4) is 22.8 Å². The van der Waals surface area contributed by atoms with Crippen LogP contribution in [-0.4, -0.2) is 55.7 Å². The van der Waals surface area contributed by atoms with Crippen LogP contribution in [0, 0.1) is 5.92 Å². The number of aromatic nitrogens is 1. The molecular formula is C26H28N2O5. The van der Waals surface area contributed by atoms with Gasteiger partial charge in [-0.1, -0.05) is 25.1 Å². The van der Waals surface area contributed by atoms with Gasteiger partial charge in [0.1, 0.15) is 0 Å². The lowest BCUT2D eigenvalue weighted by Gasteiger charge is -2.30. The zero-order chi connectivity index (χ0) is 23.4. The van der Waals surface area contributed by atoms with Crippen LogP contribution in [0.4, 0.5) is 0 Å². The molecule has 2 heterocycles. The molecule has 0 saturated carbocycles. The number of methoxy groups -OCH3 is 2. The highest BCUT2D eigenvalue weighted by atomic mass is 16.5. The number of piperidine rings is 1. The predicted octanol–water partition coefficient (Wildman–Crippen LogP) is 4.33. The van der Waals surface area contributed by atoms with Gasteiger partial charge >= 0.3 is 5.97 Å². The first-order chi connectivity index (χ1) is 16.0. The Morgan fingerprint density at radius 3 is 2.45 bits per heavy atom. The molecule has 1 saturated heterocycles. The van der Waals surface area contributed by atoms with E-state index in [1.54, 1.807) is 31.3 Å². The molecule has 0 bridgehead atoms. The zero-order valence-electron chi connectivity index (χ0n) is 19.2. The van der Waals surface area contributed by atoms with Gasteiger partial charge in [0.15, 0.2) is 18.1 Å². The van der Waals surface area contributed by atoms with Crippen LogP contribution in [0.1, 0.15) is 30.1 Å². The number of likely N-dealkylation sites (tertiary alicyclic amines) is 1. The summed E-state index contributed by atoms with van der Waals surface area (Å²) < 4.78 is 16.2. The van der Waals surface area contributed by atoms with Crippen molar-refractivity contribution in [2.24, 2.45) is 5.92 Å². The molecular weight excluding hydrogens is 420 g/mol. The third-order valence-electron chi connectivity index (χ3n) is 6.08. The van der Waals surface area contributed by atoms with Crippen molar-refractivity contribution in [2.45, 2.75) is 19.8 Å². The Bertz CT molecular complexity index is 1170. The number of rotatable bonds is 6. The van der Waals surface area contributed by atoms with Crippen LogP contribution in [0.2, 0.25) is 0 Å². The number of fused-ring (bicyclic) bond motifs is 1. The maximum Gasteiger partial charge on any atom is 0.339 e. The molecule has 4 rings (SSSR count). The van der Waals surface area contributed by atoms with Gasteiger partial charge in [-0.2, -0.15) is 0 Å². The first-order valence-electron chi connectivity index (χ1n) is 11.1. The lowest BCUT2D eigenvalue weighted by Crippen LogP contribution is -2.40. The lowest BCUT2D eigenvalue weighted by atomic mass is 9.99. The lowest BCUT2D eigenvalue weighted by molar-refractivity contribution is -0.135. The van der Waals surface area contributed by atoms with Crippen LogP contribution in [0.5, 0.6) is 11.5 Å². The molecule has 1 amide bonds. The molecule has 1 fully saturated rings. The van der Waals surface area contributed by atoms with Gasteiger partial charge in [-0.3, -0.25) is 4.79 Å². The second kappa shape index (κ2) is 9.90. The number of esters is 1. The van der Waals surface area contributed by atoms with Gasteiger partial charge in [-0.15, -0.1) is 0 Å². The quantitative estimate of drug-likeness (QED) is 0.522. The van der Waals surface area contributed by atoms with Crippen molar-refractivity contribution in [1.29, 1.82) is 0 Å². The molecule has 1 aliphatic heterocycles. The maximum atomic E-state index is 13.0. The summed E-state index contributed by atoms with van der Waals surface area (Å²) in [6, 6.07) is 14.5. The van der Waals surface area contributed by atoms with Gasteiger partial charge in [0.05, 0.1) is 31.0 Å². The van der Waals surface area contributed by atoms with Crippen LogP contribution in [0.25, 0.3) is 22.2 Å². The molecule has 2 aromatic carbocycles. The molecule has 0 atom stereocenters. The average molecular weight is 449 g/mol. The second-order valence-corrected chi connectivity index (χ2v) is 8.28. The number of para-hydroxylation sites is 1. The van der Waals surface area contributed by atoms with E-state index >= 15 is 0 Å². The van der Waals surface area contributed by atoms with Gasteiger partial charge in [-0.25, -0.2) is 9.78 Å². The summed E-state index contributed by atoms with van der Waals surface area (Å²) in [4.78, 5) is 32.1. The Hall–Kier alpha value is -3.61. The number of carbonyl (C=O) groups excluding carboxylic acids is 2. The third kappa shape index (κ3) is 4.92. The number of nitrogens with zero attached hydrogens (tertiary/aromatic N) is 2. The maximum absolute atomic E-state index is 13.0. The fourth-order valence-corrected chi connectivity index (χ4v) is 4.04. The van der Waals surface area contributed by atoms with Crippen LogP contribution < -0.4 is 9.47 Å². The van der Waals surface area contributed by atoms with E-state index in [4.69, 9.17) is 19.2 Å². The molecule has 0 unspecified atom stereocenters. The molecule has 7 nitrogen and oxygen atoms in total. The SMILES string of the molecule is COc1ccc(-c2cc(C(=O)OCC(=O)N3CCC(C)CC3)c3ccccc3n2)cc1OC. The topological polar surface area (TPSA) is 78.0 Å². The Morgan fingerprint density at radius 2 is 1.73 bits per heavy atom. The Labute approximate surface area is 193 Å². The fourth-order valence-electron chi connectivity index (χ4n) is 4.04. The van der Waals surface area contributed by atoms with Crippen LogP contribution >= 0.6 is 0 Å². The third-order valence-corrected chi connectivity index (χ3v) is 6.08. The number of benzene rings is 2. The van der Waals surface area contributed by atoms with E-state index in [2.05, 4.69) is 6.92 Å². The van der Waals surface area contributed by atoms with Gasteiger partial charge < -0.3 is 19.1 Å². The minimum Gasteiger partial charge on any atom is -0.493 e. The van der Waals surface area contributed by atoms with Gasteiger partial charge in [-0.05, 0) is 49.1 Å². The van der Waals surface area contributed by atoms with E-state index in [1.807, 2.05) is 36.4 Å². The highest BCUT2D eigenvalue weighted by molar-refractivity contribution is 6.05. The van der Waals surface area contributed by atoms with Crippen molar-refractivity contribution >= 4 is 22.8 Å². The van der Waals surface area contributed by atoms with Crippen LogP contribution in [0.15, 0.2) is 48.5 Å². The summed E-state index contributed by atoms with van der Waals surface area (Å²) in [6.45, 7) is 3.33. The highest BCUT2D eigenvalue weighted by Gasteiger charge is 2.22. The van der Waals surface area contributed by atoms with E-state index in [-0.39, 0.29) is 12.5 Å². The molecule has 1 aliphatic rings. The normalized spacial score (nSPS) is 14.2. The van der Waals surface area contributed by atoms with Crippen molar-refractivity contribution in [2.75, 3.05) is 33.9 Å². The molecule has 33 heavy (non-hydrogen) atoms. The average Bonchev–Trinajstić information content (AvgIpc) is 2.86. The molecule has 0 aliphatic carbocycles. The molecule has 0 radical (unpaired) electrons. The van der Waals surface area contributed by atoms with Crippen LogP contribution in [0.3, 0.4) is 0 Å². The molecule has 172 valence electrons. The highest BCUT2D eigenvalue weighted by Crippen LogP contribution is 2.33. The molecule has 7 heteroatoms. The number of pyridine rings is 1. The first kappa shape index (κ1) is 22.6. The first-order valence-corrected chi connectivity index (χ1v) is 11.1. The second-order valence-electron chi connectivity index (χ2n) is 8.28. The summed E-state index contributed by atoms with van der Waals surface area (Å²) in [6.07, 6.45) is 1.95. The van der Waals surface area contributed by atoms with E-state index in [0.717, 1.165) is 18.4 Å². The van der Waals surface area contributed by atoms with Gasteiger partial charge in [0, 0.05) is 24.0 Å². The Kier molecular flexibility index (Phi) is 6.77. The fraction of sp³-hybridized carbons (Fsp3) is 0.346. The van der Waals surface area contributed by atoms with E-state index in [0.29, 0.717) is 52.7 Å². The van der Waals surface area contributed by atoms with Crippen molar-refractivity contribution in [1.82, 2.24) is 9.88 Å². The van der Waals surface area contributed by atoms with Crippen molar-refractivity contribution < 1.29 is 23.8 Å². The number of ether oxygens (including phenoxy) is 3. The number of hydrogen-bond acceptors (Lipinski definition) is 6. The van der Waals surface area contributed by atoms with Crippen molar-refractivity contribution in [3.05, 3.63) is 54.1 Å². The molecule has 3 aromatic rings. The van der Waals surface area contributed by atoms with Crippen LogP contribution in [-0.2, 0) is 9.53 Å². The molecule has 1 aromatic heterocycles. The number of carbonyl (C=O) groups is 2. The Balaban J connectivity index is 1.60. The standard InChI is InChI=1S/C26H28N2O5/c1-17-10-12-28(13-11-17)25(29)16-33-26(30)20-15-22(27-21-7-5-4-6-19(20)21)18-8-9-23(31-2)24(14-18)32-3/h4-9,14-15,17H,10-13,16H2,1-3H3. The number of hydrogen-bond donors (Lipinski definition) is 0. The smallest absolute Gasteiger partial charge is 0.339 e. The molecule has 0 spiro atoms. The summed E-state index contributed by atoms with van der Waals surface area (Å²) in [5.74, 6) is 1.08. The Morgan fingerprint density at radius 1 is 1.00 bits per heavy atom. The van der Waals surface area contributed by atoms with E-state index in [1.165, 1.54) is 0 Å². The minimum atomic E-state index is -0.547. The predicted molar refractivity (Wildman–Crippen MR) is 126 cm³/mol. The van der Waals surface area contributed by atoms with E-state index in [9.17, 15) is 9.59 Å². The van der Waals surface area contributed by atoms with E-state index < -0.39 is 5.97 Å². The number of amides is 1. The van der Waals surface area contributed by atoms with Crippen molar-refractivity contribution in [3.63, 3.8) is 0 Å². The van der Waals surface area contributed by atoms with Gasteiger partial charge in [0.25, 0.3) is 5.91 Å². The summed E-state index contributed by atoms with van der Waals surface area (Å²) in [7, 11) is 3.14. The minimum absolute atomic E-state index is 0.159. The van der Waals surface area contributed by atoms with Gasteiger partial charge in [0.2, 0.25) is 0 Å².